The molecule has 1 N–H and O–H groups in total. The number of hydrogen-bond donors (Lipinski definition) is 1. The Hall–Kier alpha value is -3.68. The Morgan fingerprint density at radius 2 is 1.58 bits per heavy atom. The fraction of sp³-hybridized carbons (Fsp3) is 0.107. The fourth-order valence-corrected chi connectivity index (χ4v) is 5.28. The molecular formula is C28H24ClFN2O3S. The van der Waals surface area contributed by atoms with Crippen LogP contribution in [0.5, 0.6) is 0 Å². The first-order chi connectivity index (χ1) is 17.1. The van der Waals surface area contributed by atoms with Gasteiger partial charge in [-0.15, -0.1) is 0 Å². The first kappa shape index (κ1) is 25.4. The molecule has 8 heteroatoms. The van der Waals surface area contributed by atoms with Crippen molar-refractivity contribution in [2.75, 3.05) is 9.62 Å². The van der Waals surface area contributed by atoms with Crippen LogP contribution < -0.4 is 9.62 Å². The molecule has 1 amide bonds. The van der Waals surface area contributed by atoms with Crippen molar-refractivity contribution in [2.24, 2.45) is 0 Å². The van der Waals surface area contributed by atoms with Crippen LogP contribution in [-0.2, 0) is 16.6 Å². The van der Waals surface area contributed by atoms with Gasteiger partial charge in [0.15, 0.2) is 0 Å². The van der Waals surface area contributed by atoms with Crippen molar-refractivity contribution in [3.8, 4) is 0 Å². The third-order valence-corrected chi connectivity index (χ3v) is 7.84. The second-order valence-electron chi connectivity index (χ2n) is 8.37. The Morgan fingerprint density at radius 3 is 2.25 bits per heavy atom. The Balaban J connectivity index is 1.61. The van der Waals surface area contributed by atoms with E-state index in [0.29, 0.717) is 16.9 Å². The molecule has 0 saturated heterocycles. The molecule has 0 aliphatic heterocycles. The monoisotopic (exact) mass is 522 g/mol. The lowest BCUT2D eigenvalue weighted by Crippen LogP contribution is -2.30. The number of carbonyl (C=O) groups is 1. The highest BCUT2D eigenvalue weighted by molar-refractivity contribution is 7.92. The Kier molecular flexibility index (Phi) is 7.43. The number of nitrogens with one attached hydrogen (secondary N) is 1. The van der Waals surface area contributed by atoms with Crippen LogP contribution in [0.3, 0.4) is 0 Å². The number of amides is 1. The molecule has 0 saturated carbocycles. The van der Waals surface area contributed by atoms with E-state index in [4.69, 9.17) is 11.6 Å². The third kappa shape index (κ3) is 5.58. The molecule has 0 spiro atoms. The van der Waals surface area contributed by atoms with Crippen LogP contribution in [0.25, 0.3) is 0 Å². The number of rotatable bonds is 7. The van der Waals surface area contributed by atoms with Crippen molar-refractivity contribution in [1.82, 2.24) is 0 Å². The molecule has 0 radical (unpaired) electrons. The molecule has 0 heterocycles. The van der Waals surface area contributed by atoms with Gasteiger partial charge < -0.3 is 5.32 Å². The van der Waals surface area contributed by atoms with Gasteiger partial charge in [0.1, 0.15) is 5.82 Å². The summed E-state index contributed by atoms with van der Waals surface area (Å²) >= 11 is 5.88. The van der Waals surface area contributed by atoms with E-state index in [9.17, 15) is 17.6 Å². The summed E-state index contributed by atoms with van der Waals surface area (Å²) < 4.78 is 42.5. The van der Waals surface area contributed by atoms with E-state index in [1.165, 1.54) is 16.4 Å². The zero-order chi connectivity index (χ0) is 25.9. The summed E-state index contributed by atoms with van der Waals surface area (Å²) in [5.41, 5.74) is 3.57. The summed E-state index contributed by atoms with van der Waals surface area (Å²) in [5, 5.41) is 2.89. The average molecular weight is 523 g/mol. The van der Waals surface area contributed by atoms with Gasteiger partial charge in [-0.05, 0) is 85.1 Å². The van der Waals surface area contributed by atoms with Gasteiger partial charge in [-0.3, -0.25) is 9.10 Å². The number of carbonyl (C=O) groups excluding carboxylic acids is 1. The minimum Gasteiger partial charge on any atom is -0.322 e. The second kappa shape index (κ2) is 10.5. The molecule has 5 nitrogen and oxygen atoms in total. The summed E-state index contributed by atoms with van der Waals surface area (Å²) in [6, 6.07) is 24.3. The predicted molar refractivity (Wildman–Crippen MR) is 142 cm³/mol. The molecular weight excluding hydrogens is 499 g/mol. The first-order valence-corrected chi connectivity index (χ1v) is 13.0. The van der Waals surface area contributed by atoms with Gasteiger partial charge in [0.2, 0.25) is 0 Å². The second-order valence-corrected chi connectivity index (χ2v) is 10.7. The van der Waals surface area contributed by atoms with E-state index in [0.717, 1.165) is 17.2 Å². The summed E-state index contributed by atoms with van der Waals surface area (Å²) in [5.74, 6) is -1.31. The van der Waals surface area contributed by atoms with E-state index < -0.39 is 21.7 Å². The molecule has 184 valence electrons. The molecule has 36 heavy (non-hydrogen) atoms. The maximum Gasteiger partial charge on any atom is 0.264 e. The molecule has 0 aliphatic rings. The Labute approximate surface area is 215 Å². The third-order valence-electron chi connectivity index (χ3n) is 5.82. The minimum absolute atomic E-state index is 0.0802. The van der Waals surface area contributed by atoms with Crippen LogP contribution in [0.1, 0.15) is 27.0 Å². The normalized spacial score (nSPS) is 11.2. The zero-order valence-corrected chi connectivity index (χ0v) is 21.3. The standard InChI is InChI=1S/C28H24ClFN2O3S/c1-19-8-14-24(16-20(19)2)32(36(34,35)25-6-4-3-5-7-25)18-21-9-12-23(13-10-21)31-28(33)26-17-22(29)11-15-27(26)30/h3-17H,18H2,1-2H3,(H,31,33). The number of nitrogens with zero attached hydrogens (tertiary/aromatic N) is 1. The zero-order valence-electron chi connectivity index (χ0n) is 19.7. The highest BCUT2D eigenvalue weighted by Crippen LogP contribution is 2.28. The Bertz CT molecular complexity index is 1510. The highest BCUT2D eigenvalue weighted by atomic mass is 35.5. The molecule has 4 aromatic rings. The average Bonchev–Trinajstić information content (AvgIpc) is 2.87. The number of benzene rings is 4. The maximum atomic E-state index is 14.0. The van der Waals surface area contributed by atoms with Crippen molar-refractivity contribution in [1.29, 1.82) is 0 Å². The lowest BCUT2D eigenvalue weighted by molar-refractivity contribution is 0.102. The SMILES string of the molecule is Cc1ccc(N(Cc2ccc(NC(=O)c3cc(Cl)ccc3F)cc2)S(=O)(=O)c2ccccc2)cc1C. The van der Waals surface area contributed by atoms with Gasteiger partial charge in [0.05, 0.1) is 22.7 Å². The van der Waals surface area contributed by atoms with Crippen LogP contribution in [0.2, 0.25) is 5.02 Å². The number of sulfonamides is 1. The highest BCUT2D eigenvalue weighted by Gasteiger charge is 2.25. The molecule has 0 aliphatic carbocycles. The van der Waals surface area contributed by atoms with Crippen LogP contribution in [0, 0.1) is 19.7 Å². The van der Waals surface area contributed by atoms with Crippen molar-refractivity contribution < 1.29 is 17.6 Å². The van der Waals surface area contributed by atoms with Gasteiger partial charge in [0, 0.05) is 10.7 Å². The summed E-state index contributed by atoms with van der Waals surface area (Å²) in [7, 11) is -3.85. The predicted octanol–water partition coefficient (Wildman–Crippen LogP) is 6.74. The van der Waals surface area contributed by atoms with Crippen LogP contribution in [-0.4, -0.2) is 14.3 Å². The summed E-state index contributed by atoms with van der Waals surface area (Å²) in [6.07, 6.45) is 0. The van der Waals surface area contributed by atoms with Gasteiger partial charge in [-0.1, -0.05) is 48.0 Å². The molecule has 4 aromatic carbocycles. The largest absolute Gasteiger partial charge is 0.322 e. The van der Waals surface area contributed by atoms with E-state index in [1.807, 2.05) is 26.0 Å². The van der Waals surface area contributed by atoms with E-state index >= 15 is 0 Å². The summed E-state index contributed by atoms with van der Waals surface area (Å²) in [4.78, 5) is 12.7. The van der Waals surface area contributed by atoms with Crippen LogP contribution in [0.4, 0.5) is 15.8 Å². The maximum absolute atomic E-state index is 14.0. The van der Waals surface area contributed by atoms with Gasteiger partial charge >= 0.3 is 0 Å². The van der Waals surface area contributed by atoms with Gasteiger partial charge in [0.25, 0.3) is 15.9 Å². The van der Waals surface area contributed by atoms with Crippen molar-refractivity contribution in [2.45, 2.75) is 25.3 Å². The minimum atomic E-state index is -3.85. The Morgan fingerprint density at radius 1 is 0.889 bits per heavy atom. The number of hydrogen-bond acceptors (Lipinski definition) is 3. The molecule has 0 atom stereocenters. The van der Waals surface area contributed by atoms with Crippen molar-refractivity contribution in [3.05, 3.63) is 124 Å². The lowest BCUT2D eigenvalue weighted by atomic mass is 10.1. The van der Waals surface area contributed by atoms with Crippen molar-refractivity contribution in [3.63, 3.8) is 0 Å². The lowest BCUT2D eigenvalue weighted by Gasteiger charge is -2.25. The van der Waals surface area contributed by atoms with E-state index in [2.05, 4.69) is 5.32 Å². The number of anilines is 2. The van der Waals surface area contributed by atoms with Crippen LogP contribution >= 0.6 is 11.6 Å². The van der Waals surface area contributed by atoms with E-state index in [1.54, 1.807) is 60.7 Å². The molecule has 0 unspecified atom stereocenters. The smallest absolute Gasteiger partial charge is 0.264 e. The molecule has 0 bridgehead atoms. The number of halogens is 2. The van der Waals surface area contributed by atoms with Gasteiger partial charge in [-0.25, -0.2) is 12.8 Å². The topological polar surface area (TPSA) is 66.5 Å². The van der Waals surface area contributed by atoms with Gasteiger partial charge in [-0.2, -0.15) is 0 Å². The fourth-order valence-electron chi connectivity index (χ4n) is 3.64. The molecule has 0 aromatic heterocycles. The number of aryl methyl sites for hydroxylation is 2. The summed E-state index contributed by atoms with van der Waals surface area (Å²) in [6.45, 7) is 3.99. The first-order valence-electron chi connectivity index (χ1n) is 11.2. The molecule has 0 fully saturated rings. The molecule has 4 rings (SSSR count). The van der Waals surface area contributed by atoms with Crippen molar-refractivity contribution >= 4 is 38.9 Å². The van der Waals surface area contributed by atoms with E-state index in [-0.39, 0.29) is 22.0 Å². The van der Waals surface area contributed by atoms with Crippen LogP contribution in [0.15, 0.2) is 95.9 Å². The quantitative estimate of drug-likeness (QED) is 0.292.